The van der Waals surface area contributed by atoms with E-state index in [0.29, 0.717) is 12.3 Å². The summed E-state index contributed by atoms with van der Waals surface area (Å²) in [6.07, 6.45) is 5.32. The zero-order valence-electron chi connectivity index (χ0n) is 10.8. The molecule has 1 fully saturated rings. The molecule has 2 aliphatic rings. The molecule has 2 heterocycles. The Morgan fingerprint density at radius 3 is 3.11 bits per heavy atom. The minimum absolute atomic E-state index is 0.550. The molecule has 0 saturated heterocycles. The van der Waals surface area contributed by atoms with E-state index in [2.05, 4.69) is 28.3 Å². The van der Waals surface area contributed by atoms with E-state index < -0.39 is 0 Å². The summed E-state index contributed by atoms with van der Waals surface area (Å²) in [6, 6.07) is 6.35. The fourth-order valence-electron chi connectivity index (χ4n) is 2.55. The van der Waals surface area contributed by atoms with Gasteiger partial charge in [-0.25, -0.2) is 0 Å². The van der Waals surface area contributed by atoms with Gasteiger partial charge in [0.2, 0.25) is 5.89 Å². The predicted octanol–water partition coefficient (Wildman–Crippen LogP) is 2.86. The number of ether oxygens (including phenoxy) is 1. The van der Waals surface area contributed by atoms with Crippen LogP contribution >= 0.6 is 0 Å². The topological polar surface area (TPSA) is 48.2 Å². The Kier molecular flexibility index (Phi) is 2.53. The monoisotopic (exact) mass is 256 g/mol. The first-order valence-corrected chi connectivity index (χ1v) is 6.95. The first-order chi connectivity index (χ1) is 9.38. The van der Waals surface area contributed by atoms with E-state index >= 15 is 0 Å². The zero-order chi connectivity index (χ0) is 12.7. The molecule has 0 N–H and O–H groups in total. The van der Waals surface area contributed by atoms with Gasteiger partial charge in [-0.2, -0.15) is 4.98 Å². The molecule has 0 radical (unpaired) electrons. The Labute approximate surface area is 111 Å². The molecule has 1 aromatic heterocycles. The summed E-state index contributed by atoms with van der Waals surface area (Å²) >= 11 is 0. The number of rotatable bonds is 3. The summed E-state index contributed by atoms with van der Waals surface area (Å²) in [7, 11) is 0. The highest BCUT2D eigenvalue weighted by atomic mass is 16.5. The molecule has 0 unspecified atom stereocenters. The van der Waals surface area contributed by atoms with Crippen molar-refractivity contribution in [3.8, 4) is 5.75 Å². The van der Waals surface area contributed by atoms with Gasteiger partial charge in [0.05, 0.1) is 13.0 Å². The number of nitrogens with zero attached hydrogens (tertiary/aromatic N) is 2. The number of hydrogen-bond acceptors (Lipinski definition) is 4. The maximum Gasteiger partial charge on any atom is 0.231 e. The normalized spacial score (nSPS) is 17.9. The van der Waals surface area contributed by atoms with Crippen molar-refractivity contribution in [2.45, 2.75) is 38.0 Å². The average molecular weight is 256 g/mol. The van der Waals surface area contributed by atoms with Crippen molar-refractivity contribution in [2.24, 2.45) is 0 Å². The van der Waals surface area contributed by atoms with Crippen molar-refractivity contribution in [3.63, 3.8) is 0 Å². The van der Waals surface area contributed by atoms with Crippen LogP contribution in [0.15, 0.2) is 22.7 Å². The molecule has 0 amide bonds. The van der Waals surface area contributed by atoms with Crippen molar-refractivity contribution in [2.75, 3.05) is 6.61 Å². The summed E-state index contributed by atoms with van der Waals surface area (Å²) in [5.41, 5.74) is 2.51. The molecule has 2 aromatic rings. The van der Waals surface area contributed by atoms with Crippen LogP contribution in [0.1, 0.15) is 48.0 Å². The quantitative estimate of drug-likeness (QED) is 0.847. The summed E-state index contributed by atoms with van der Waals surface area (Å²) in [5, 5.41) is 4.05. The number of hydrogen-bond donors (Lipinski definition) is 0. The predicted molar refractivity (Wildman–Crippen MR) is 69.3 cm³/mol. The molecule has 1 saturated carbocycles. The molecule has 1 aliphatic heterocycles. The smallest absolute Gasteiger partial charge is 0.231 e. The van der Waals surface area contributed by atoms with Crippen LogP contribution in [-0.4, -0.2) is 16.7 Å². The second kappa shape index (κ2) is 4.37. The maximum atomic E-state index is 5.62. The van der Waals surface area contributed by atoms with E-state index in [0.717, 1.165) is 36.9 Å². The van der Waals surface area contributed by atoms with Gasteiger partial charge in [0.1, 0.15) is 5.75 Å². The largest absolute Gasteiger partial charge is 0.493 e. The second-order valence-electron chi connectivity index (χ2n) is 5.39. The lowest BCUT2D eigenvalue weighted by Gasteiger charge is -2.17. The number of aryl methyl sites for hydroxylation is 1. The van der Waals surface area contributed by atoms with Crippen LogP contribution in [0.5, 0.6) is 5.75 Å². The second-order valence-corrected chi connectivity index (χ2v) is 5.39. The van der Waals surface area contributed by atoms with E-state index in [-0.39, 0.29) is 0 Å². The highest BCUT2D eigenvalue weighted by molar-refractivity contribution is 5.39. The molecule has 1 aliphatic carbocycles. The Morgan fingerprint density at radius 1 is 1.26 bits per heavy atom. The third-order valence-electron chi connectivity index (χ3n) is 3.75. The van der Waals surface area contributed by atoms with E-state index in [4.69, 9.17) is 9.26 Å². The molecule has 19 heavy (non-hydrogen) atoms. The third-order valence-corrected chi connectivity index (χ3v) is 3.75. The average Bonchev–Trinajstić information content (AvgIpc) is 3.20. The number of fused-ring (bicyclic) bond motifs is 1. The van der Waals surface area contributed by atoms with Crippen LogP contribution in [0.25, 0.3) is 0 Å². The van der Waals surface area contributed by atoms with Crippen molar-refractivity contribution in [3.05, 3.63) is 41.0 Å². The SMILES string of the molecule is c1cc2c(cc1Cc1nc(C3CC3)no1)CCCO2. The lowest BCUT2D eigenvalue weighted by atomic mass is 10.0. The zero-order valence-corrected chi connectivity index (χ0v) is 10.8. The van der Waals surface area contributed by atoms with Crippen LogP contribution in [0.3, 0.4) is 0 Å². The van der Waals surface area contributed by atoms with Gasteiger partial charge in [-0.05, 0) is 42.9 Å². The summed E-state index contributed by atoms with van der Waals surface area (Å²) in [4.78, 5) is 4.47. The fraction of sp³-hybridized carbons (Fsp3) is 0.467. The maximum absolute atomic E-state index is 5.62. The lowest BCUT2D eigenvalue weighted by molar-refractivity contribution is 0.288. The van der Waals surface area contributed by atoms with E-state index in [9.17, 15) is 0 Å². The molecule has 4 rings (SSSR count). The van der Waals surface area contributed by atoms with Gasteiger partial charge in [-0.1, -0.05) is 17.3 Å². The minimum atomic E-state index is 0.550. The summed E-state index contributed by atoms with van der Waals surface area (Å²) in [5.74, 6) is 3.18. The Hall–Kier alpha value is -1.84. The van der Waals surface area contributed by atoms with Gasteiger partial charge in [0.15, 0.2) is 5.82 Å². The van der Waals surface area contributed by atoms with Crippen LogP contribution in [0, 0.1) is 0 Å². The van der Waals surface area contributed by atoms with Gasteiger partial charge in [-0.3, -0.25) is 0 Å². The van der Waals surface area contributed by atoms with Crippen LogP contribution in [0.4, 0.5) is 0 Å². The summed E-state index contributed by atoms with van der Waals surface area (Å²) in [6.45, 7) is 0.834. The Morgan fingerprint density at radius 2 is 2.21 bits per heavy atom. The molecule has 0 atom stereocenters. The minimum Gasteiger partial charge on any atom is -0.493 e. The van der Waals surface area contributed by atoms with Crippen LogP contribution < -0.4 is 4.74 Å². The molecule has 4 heteroatoms. The Balaban J connectivity index is 1.54. The summed E-state index contributed by atoms with van der Waals surface area (Å²) < 4.78 is 10.9. The Bertz CT molecular complexity index is 602. The molecule has 0 spiro atoms. The third kappa shape index (κ3) is 2.23. The van der Waals surface area contributed by atoms with E-state index in [1.807, 2.05) is 0 Å². The lowest BCUT2D eigenvalue weighted by Crippen LogP contribution is -2.08. The van der Waals surface area contributed by atoms with Crippen LogP contribution in [-0.2, 0) is 12.8 Å². The van der Waals surface area contributed by atoms with E-state index in [1.165, 1.54) is 24.0 Å². The molecular weight excluding hydrogens is 240 g/mol. The van der Waals surface area contributed by atoms with Crippen molar-refractivity contribution in [1.29, 1.82) is 0 Å². The molecule has 0 bridgehead atoms. The van der Waals surface area contributed by atoms with E-state index in [1.54, 1.807) is 0 Å². The first-order valence-electron chi connectivity index (χ1n) is 6.95. The molecule has 1 aromatic carbocycles. The number of benzene rings is 1. The number of aromatic nitrogens is 2. The molecular formula is C15H16N2O2. The van der Waals surface area contributed by atoms with Gasteiger partial charge in [0.25, 0.3) is 0 Å². The van der Waals surface area contributed by atoms with Gasteiger partial charge in [0, 0.05) is 5.92 Å². The van der Waals surface area contributed by atoms with Gasteiger partial charge < -0.3 is 9.26 Å². The highest BCUT2D eigenvalue weighted by Gasteiger charge is 2.28. The molecule has 4 nitrogen and oxygen atoms in total. The van der Waals surface area contributed by atoms with Crippen LogP contribution in [0.2, 0.25) is 0 Å². The molecule has 98 valence electrons. The van der Waals surface area contributed by atoms with Gasteiger partial charge in [-0.15, -0.1) is 0 Å². The van der Waals surface area contributed by atoms with Crippen molar-refractivity contribution in [1.82, 2.24) is 10.1 Å². The fourth-order valence-corrected chi connectivity index (χ4v) is 2.55. The van der Waals surface area contributed by atoms with Crippen molar-refractivity contribution < 1.29 is 9.26 Å². The first kappa shape index (κ1) is 11.0. The van der Waals surface area contributed by atoms with Gasteiger partial charge >= 0.3 is 0 Å². The standard InChI is InChI=1S/C15H16N2O2/c1-2-12-8-10(3-6-13(12)18-7-1)9-14-16-15(17-19-14)11-4-5-11/h3,6,8,11H,1-2,4-5,7,9H2. The highest BCUT2D eigenvalue weighted by Crippen LogP contribution is 2.38. The van der Waals surface area contributed by atoms with Crippen molar-refractivity contribution >= 4 is 0 Å².